The van der Waals surface area contributed by atoms with Crippen molar-refractivity contribution >= 4 is 5.97 Å². The molecule has 0 aromatic rings. The van der Waals surface area contributed by atoms with Crippen molar-refractivity contribution in [3.63, 3.8) is 0 Å². The van der Waals surface area contributed by atoms with Crippen LogP contribution < -0.4 is 5.32 Å². The van der Waals surface area contributed by atoms with E-state index in [1.807, 2.05) is 6.92 Å². The molecule has 0 radical (unpaired) electrons. The van der Waals surface area contributed by atoms with Crippen LogP contribution in [0.3, 0.4) is 0 Å². The average molecular weight is 255 g/mol. The largest absolute Gasteiger partial charge is 0.465 e. The molecule has 1 rings (SSSR count). The van der Waals surface area contributed by atoms with Crippen molar-refractivity contribution in [3.05, 3.63) is 0 Å². The van der Waals surface area contributed by atoms with Crippen molar-refractivity contribution in [1.82, 2.24) is 5.32 Å². The number of esters is 1. The maximum absolute atomic E-state index is 12.3. The highest BCUT2D eigenvalue weighted by Crippen LogP contribution is 2.32. The summed E-state index contributed by atoms with van der Waals surface area (Å²) in [7, 11) is 0. The quantitative estimate of drug-likeness (QED) is 0.605. The molecule has 0 amide bonds. The van der Waals surface area contributed by atoms with Gasteiger partial charge in [0.05, 0.1) is 6.61 Å². The van der Waals surface area contributed by atoms with Gasteiger partial charge in [0.25, 0.3) is 0 Å². The fourth-order valence-electron chi connectivity index (χ4n) is 2.76. The third kappa shape index (κ3) is 3.98. The minimum atomic E-state index is -0.434. The lowest BCUT2D eigenvalue weighted by molar-refractivity contribution is -0.152. The zero-order valence-corrected chi connectivity index (χ0v) is 12.4. The van der Waals surface area contributed by atoms with Gasteiger partial charge in [0.15, 0.2) is 0 Å². The fraction of sp³-hybridized carbons (Fsp3) is 0.933. The third-order valence-corrected chi connectivity index (χ3v) is 4.17. The minimum Gasteiger partial charge on any atom is -0.465 e. The second-order valence-electron chi connectivity index (χ2n) is 5.79. The van der Waals surface area contributed by atoms with Crippen molar-refractivity contribution in [3.8, 4) is 0 Å². The Bertz CT molecular complexity index is 267. The molecule has 1 saturated carbocycles. The SMILES string of the molecule is CCOC(=O)C1(NC(C)CC)CCCC(C)CC1. The first-order valence-corrected chi connectivity index (χ1v) is 7.49. The molecule has 1 aliphatic carbocycles. The number of nitrogens with one attached hydrogen (secondary N) is 1. The van der Waals surface area contributed by atoms with Crippen molar-refractivity contribution in [2.45, 2.75) is 77.8 Å². The second-order valence-corrected chi connectivity index (χ2v) is 5.79. The maximum Gasteiger partial charge on any atom is 0.326 e. The number of carbonyl (C=O) groups excluding carboxylic acids is 1. The number of rotatable bonds is 5. The van der Waals surface area contributed by atoms with Crippen LogP contribution >= 0.6 is 0 Å². The van der Waals surface area contributed by atoms with Crippen LogP contribution in [-0.2, 0) is 9.53 Å². The molecule has 1 fully saturated rings. The van der Waals surface area contributed by atoms with Gasteiger partial charge in [-0.3, -0.25) is 10.1 Å². The van der Waals surface area contributed by atoms with E-state index in [-0.39, 0.29) is 5.97 Å². The highest BCUT2D eigenvalue weighted by molar-refractivity contribution is 5.81. The summed E-state index contributed by atoms with van der Waals surface area (Å²) >= 11 is 0. The van der Waals surface area contributed by atoms with E-state index in [9.17, 15) is 4.79 Å². The van der Waals surface area contributed by atoms with Gasteiger partial charge in [-0.05, 0) is 45.4 Å². The molecule has 1 aliphatic rings. The summed E-state index contributed by atoms with van der Waals surface area (Å²) in [5.74, 6) is 0.680. The zero-order valence-electron chi connectivity index (χ0n) is 12.4. The Labute approximate surface area is 112 Å². The van der Waals surface area contributed by atoms with E-state index in [4.69, 9.17) is 4.74 Å². The lowest BCUT2D eigenvalue weighted by Gasteiger charge is -2.34. The van der Waals surface area contributed by atoms with Crippen LogP contribution in [0.5, 0.6) is 0 Å². The third-order valence-electron chi connectivity index (χ3n) is 4.17. The number of ether oxygens (including phenoxy) is 1. The predicted molar refractivity (Wildman–Crippen MR) is 74.5 cm³/mol. The maximum atomic E-state index is 12.3. The molecule has 0 spiro atoms. The summed E-state index contributed by atoms with van der Waals surface area (Å²) in [6.45, 7) is 8.93. The lowest BCUT2D eigenvalue weighted by Crippen LogP contribution is -2.55. The highest BCUT2D eigenvalue weighted by atomic mass is 16.5. The van der Waals surface area contributed by atoms with Gasteiger partial charge in [0.2, 0.25) is 0 Å². The Morgan fingerprint density at radius 3 is 2.72 bits per heavy atom. The van der Waals surface area contributed by atoms with Gasteiger partial charge in [-0.15, -0.1) is 0 Å². The highest BCUT2D eigenvalue weighted by Gasteiger charge is 2.41. The summed E-state index contributed by atoms with van der Waals surface area (Å²) in [6, 6.07) is 0.364. The Kier molecular flexibility index (Phi) is 6.13. The molecule has 18 heavy (non-hydrogen) atoms. The van der Waals surface area contributed by atoms with E-state index in [1.54, 1.807) is 0 Å². The van der Waals surface area contributed by atoms with Crippen LogP contribution in [0.15, 0.2) is 0 Å². The molecule has 0 bridgehead atoms. The van der Waals surface area contributed by atoms with E-state index in [0.717, 1.165) is 38.0 Å². The van der Waals surface area contributed by atoms with E-state index in [2.05, 4.69) is 26.1 Å². The average Bonchev–Trinajstić information content (AvgIpc) is 2.53. The van der Waals surface area contributed by atoms with E-state index in [0.29, 0.717) is 12.6 Å². The molecule has 0 aromatic carbocycles. The molecule has 1 N–H and O–H groups in total. The van der Waals surface area contributed by atoms with Crippen molar-refractivity contribution in [2.75, 3.05) is 6.61 Å². The van der Waals surface area contributed by atoms with Gasteiger partial charge in [0.1, 0.15) is 5.54 Å². The molecule has 106 valence electrons. The van der Waals surface area contributed by atoms with Crippen LogP contribution in [0.25, 0.3) is 0 Å². The molecule has 0 aromatic heterocycles. The zero-order chi connectivity index (χ0) is 13.6. The molecule has 3 nitrogen and oxygen atoms in total. The van der Waals surface area contributed by atoms with Crippen molar-refractivity contribution in [1.29, 1.82) is 0 Å². The number of hydrogen-bond donors (Lipinski definition) is 1. The Balaban J connectivity index is 2.81. The van der Waals surface area contributed by atoms with Gasteiger partial charge in [-0.2, -0.15) is 0 Å². The second kappa shape index (κ2) is 7.13. The standard InChI is InChI=1S/C15H29NO2/c1-5-13(4)16-15(14(17)18-6-2)10-7-8-12(3)9-11-15/h12-13,16H,5-11H2,1-4H3. The summed E-state index contributed by atoms with van der Waals surface area (Å²) < 4.78 is 5.32. The van der Waals surface area contributed by atoms with Crippen LogP contribution in [0.2, 0.25) is 0 Å². The first-order valence-electron chi connectivity index (χ1n) is 7.49. The van der Waals surface area contributed by atoms with Gasteiger partial charge in [-0.1, -0.05) is 26.7 Å². The fourth-order valence-corrected chi connectivity index (χ4v) is 2.76. The number of carbonyl (C=O) groups is 1. The molecule has 0 saturated heterocycles. The van der Waals surface area contributed by atoms with Crippen LogP contribution in [-0.4, -0.2) is 24.2 Å². The van der Waals surface area contributed by atoms with Crippen molar-refractivity contribution < 1.29 is 9.53 Å². The van der Waals surface area contributed by atoms with E-state index >= 15 is 0 Å². The molecule has 0 heterocycles. The Hall–Kier alpha value is -0.570. The monoisotopic (exact) mass is 255 g/mol. The molecular weight excluding hydrogens is 226 g/mol. The molecule has 3 heteroatoms. The summed E-state index contributed by atoms with van der Waals surface area (Å²) in [4.78, 5) is 12.3. The van der Waals surface area contributed by atoms with Gasteiger partial charge < -0.3 is 4.74 Å². The smallest absolute Gasteiger partial charge is 0.326 e. The Morgan fingerprint density at radius 2 is 2.11 bits per heavy atom. The summed E-state index contributed by atoms with van der Waals surface area (Å²) in [5, 5.41) is 3.55. The van der Waals surface area contributed by atoms with E-state index in [1.165, 1.54) is 6.42 Å². The first-order chi connectivity index (χ1) is 8.54. The summed E-state index contributed by atoms with van der Waals surface area (Å²) in [5.41, 5.74) is -0.434. The molecule has 3 atom stereocenters. The predicted octanol–water partition coefficient (Wildman–Crippen LogP) is 3.28. The lowest BCUT2D eigenvalue weighted by atomic mass is 9.88. The molecular formula is C15H29NO2. The van der Waals surface area contributed by atoms with Crippen LogP contribution in [0.4, 0.5) is 0 Å². The normalized spacial score (nSPS) is 30.6. The van der Waals surface area contributed by atoms with Crippen LogP contribution in [0.1, 0.15) is 66.2 Å². The van der Waals surface area contributed by atoms with E-state index < -0.39 is 5.54 Å². The van der Waals surface area contributed by atoms with Gasteiger partial charge >= 0.3 is 5.97 Å². The van der Waals surface area contributed by atoms with Gasteiger partial charge in [-0.25, -0.2) is 0 Å². The van der Waals surface area contributed by atoms with Gasteiger partial charge in [0, 0.05) is 6.04 Å². The van der Waals surface area contributed by atoms with Crippen molar-refractivity contribution in [2.24, 2.45) is 5.92 Å². The molecule has 0 aliphatic heterocycles. The topological polar surface area (TPSA) is 38.3 Å². The molecule has 3 unspecified atom stereocenters. The first kappa shape index (κ1) is 15.5. The minimum absolute atomic E-state index is 0.0422. The Morgan fingerprint density at radius 1 is 1.39 bits per heavy atom. The summed E-state index contributed by atoms with van der Waals surface area (Å²) in [6.07, 6.45) is 6.32. The van der Waals surface area contributed by atoms with Crippen LogP contribution in [0, 0.1) is 5.92 Å². The number of hydrogen-bond acceptors (Lipinski definition) is 3.